The second kappa shape index (κ2) is 12.5. The molecule has 0 aliphatic carbocycles. The number of ether oxygens (including phenoxy) is 3. The monoisotopic (exact) mass is 615 g/mol. The summed E-state index contributed by atoms with van der Waals surface area (Å²) in [6, 6.07) is -0.814. The number of amides is 2. The fraction of sp³-hybridized carbons (Fsp3) is 0.667. The third-order valence-electron chi connectivity index (χ3n) is 6.49. The lowest BCUT2D eigenvalue weighted by Crippen LogP contribution is -2.75. The van der Waals surface area contributed by atoms with E-state index in [9.17, 15) is 19.2 Å². The van der Waals surface area contributed by atoms with Crippen molar-refractivity contribution in [2.24, 2.45) is 16.5 Å². The predicted octanol–water partition coefficient (Wildman–Crippen LogP) is 1.07. The van der Waals surface area contributed by atoms with Gasteiger partial charge in [-0.05, 0) is 38.9 Å². The van der Waals surface area contributed by atoms with Gasteiger partial charge in [0.15, 0.2) is 10.8 Å². The summed E-state index contributed by atoms with van der Waals surface area (Å²) in [6.45, 7) is 6.00. The van der Waals surface area contributed by atoms with Crippen molar-refractivity contribution in [2.75, 3.05) is 50.9 Å². The Morgan fingerprint density at radius 3 is 2.75 bits per heavy atom. The van der Waals surface area contributed by atoms with Crippen LogP contribution in [0, 0.1) is 11.3 Å². The zero-order valence-electron chi connectivity index (χ0n) is 22.7. The summed E-state index contributed by atoms with van der Waals surface area (Å²) in [5.41, 5.74) is 5.09. The lowest BCUT2D eigenvalue weighted by molar-refractivity contribution is -0.175. The Kier molecular flexibility index (Phi) is 9.52. The van der Waals surface area contributed by atoms with Gasteiger partial charge >= 0.3 is 11.9 Å². The molecule has 3 aliphatic heterocycles. The normalized spacial score (nSPS) is 26.5. The van der Waals surface area contributed by atoms with Gasteiger partial charge in [-0.25, -0.2) is 4.98 Å². The number of nitrogens with zero attached hydrogens (tertiary/aromatic N) is 3. The molecule has 4 rings (SSSR count). The molecule has 40 heavy (non-hydrogen) atoms. The van der Waals surface area contributed by atoms with Crippen molar-refractivity contribution in [1.82, 2.24) is 15.2 Å². The van der Waals surface area contributed by atoms with Crippen LogP contribution in [0.25, 0.3) is 0 Å². The number of thiazole rings is 1. The van der Waals surface area contributed by atoms with Gasteiger partial charge in [-0.15, -0.1) is 34.9 Å². The summed E-state index contributed by atoms with van der Waals surface area (Å²) in [4.78, 5) is 62.1. The zero-order valence-corrected chi connectivity index (χ0v) is 25.1. The van der Waals surface area contributed by atoms with Gasteiger partial charge in [-0.3, -0.25) is 19.2 Å². The van der Waals surface area contributed by atoms with Crippen LogP contribution in [0.1, 0.15) is 32.9 Å². The first-order valence-corrected chi connectivity index (χ1v) is 15.5. The molecule has 3 N–H and O–H groups in total. The van der Waals surface area contributed by atoms with E-state index in [1.165, 1.54) is 30.6 Å². The maximum atomic E-state index is 13.4. The molecule has 0 bridgehead atoms. The predicted molar refractivity (Wildman–Crippen MR) is 151 cm³/mol. The van der Waals surface area contributed by atoms with E-state index in [4.69, 9.17) is 24.8 Å². The van der Waals surface area contributed by atoms with Crippen LogP contribution in [-0.4, -0.2) is 101 Å². The second-order valence-corrected chi connectivity index (χ2v) is 14.0. The lowest BCUT2D eigenvalue weighted by Gasteiger charge is -2.53. The zero-order chi connectivity index (χ0) is 29.1. The molecule has 16 heteroatoms. The van der Waals surface area contributed by atoms with Gasteiger partial charge in [-0.2, -0.15) is 0 Å². The van der Waals surface area contributed by atoms with Crippen molar-refractivity contribution in [2.45, 2.75) is 43.4 Å². The fourth-order valence-electron chi connectivity index (χ4n) is 4.20. The number of esters is 2. The average Bonchev–Trinajstić information content (AvgIpc) is 3.60. The standard InChI is InChI=1S/C24H33N5O8S3/c1-23(2,3)20(32)36-12-37-21(33)24(40-8-13-5-6-35-7-13)10-29-18(31)16(19(29)39-11-24)27-17(30)15(28-34-4)14-9-38-22(25)26-14/h9,13,16,19H,5-8,10-12H2,1-4H3,(H2,25,26)(H,27,30)/t13?,16?,19-,24?/m1/s1. The van der Waals surface area contributed by atoms with Crippen LogP contribution >= 0.6 is 34.9 Å². The molecule has 3 aliphatic rings. The number of hydrogen-bond acceptors (Lipinski definition) is 14. The van der Waals surface area contributed by atoms with Crippen LogP contribution in [0.5, 0.6) is 0 Å². The number of aromatic nitrogens is 1. The number of oxime groups is 1. The third-order valence-corrected chi connectivity index (χ3v) is 10.5. The van der Waals surface area contributed by atoms with E-state index in [0.29, 0.717) is 24.7 Å². The molecule has 4 heterocycles. The van der Waals surface area contributed by atoms with E-state index >= 15 is 0 Å². The van der Waals surface area contributed by atoms with Gasteiger partial charge in [0.2, 0.25) is 12.7 Å². The van der Waals surface area contributed by atoms with Crippen LogP contribution in [0.15, 0.2) is 10.5 Å². The minimum atomic E-state index is -1.07. The molecule has 1 aromatic heterocycles. The molecule has 3 fully saturated rings. The van der Waals surface area contributed by atoms with Crippen LogP contribution in [-0.2, 0) is 38.2 Å². The number of β-lactam (4-membered cyclic amide) rings is 1. The Labute approximate surface area is 244 Å². The molecular formula is C24H33N5O8S3. The van der Waals surface area contributed by atoms with E-state index in [2.05, 4.69) is 15.5 Å². The highest BCUT2D eigenvalue weighted by Crippen LogP contribution is 2.45. The highest BCUT2D eigenvalue weighted by atomic mass is 32.2. The molecular weight excluding hydrogens is 582 g/mol. The van der Waals surface area contributed by atoms with E-state index in [1.54, 1.807) is 31.1 Å². The highest BCUT2D eigenvalue weighted by Gasteiger charge is 2.58. The van der Waals surface area contributed by atoms with Gasteiger partial charge in [0.1, 0.15) is 29.0 Å². The van der Waals surface area contributed by atoms with Crippen LogP contribution in [0.3, 0.4) is 0 Å². The largest absolute Gasteiger partial charge is 0.427 e. The van der Waals surface area contributed by atoms with Gasteiger partial charge in [0, 0.05) is 24.3 Å². The molecule has 1 aromatic rings. The van der Waals surface area contributed by atoms with Crippen LogP contribution in [0.2, 0.25) is 0 Å². The minimum absolute atomic E-state index is 0.0976. The molecule has 3 unspecified atom stereocenters. The van der Waals surface area contributed by atoms with Crippen molar-refractivity contribution in [3.63, 3.8) is 0 Å². The van der Waals surface area contributed by atoms with Gasteiger partial charge in [0.05, 0.1) is 12.0 Å². The minimum Gasteiger partial charge on any atom is -0.427 e. The molecule has 2 amide bonds. The lowest BCUT2D eigenvalue weighted by atomic mass is 9.98. The SMILES string of the molecule is CON=C(C(=O)NC1C(=O)N2CC(SCC3CCOC3)(C(=O)OCOC(=O)C(C)(C)C)CS[C@H]12)c1csc(N)n1. The summed E-state index contributed by atoms with van der Waals surface area (Å²) < 4.78 is 15.0. The van der Waals surface area contributed by atoms with E-state index < -0.39 is 40.8 Å². The number of nitrogen functional groups attached to an aromatic ring is 1. The topological polar surface area (TPSA) is 172 Å². The maximum absolute atomic E-state index is 13.4. The smallest absolute Gasteiger partial charge is 0.327 e. The molecule has 4 atom stereocenters. The number of rotatable bonds is 10. The Bertz CT molecular complexity index is 1170. The number of anilines is 1. The number of nitrogens with one attached hydrogen (secondary N) is 1. The van der Waals surface area contributed by atoms with Crippen molar-refractivity contribution < 1.29 is 38.2 Å². The second-order valence-electron chi connectivity index (χ2n) is 10.6. The molecule has 3 saturated heterocycles. The fourth-order valence-corrected chi connectivity index (χ4v) is 7.89. The highest BCUT2D eigenvalue weighted by molar-refractivity contribution is 8.05. The van der Waals surface area contributed by atoms with Crippen molar-refractivity contribution >= 4 is 69.5 Å². The maximum Gasteiger partial charge on any atom is 0.327 e. The molecule has 220 valence electrons. The first-order chi connectivity index (χ1) is 18.9. The number of hydrogen-bond donors (Lipinski definition) is 2. The number of nitrogens with two attached hydrogens (primary N) is 1. The first-order valence-electron chi connectivity index (χ1n) is 12.6. The van der Waals surface area contributed by atoms with Crippen LogP contribution < -0.4 is 11.1 Å². The quantitative estimate of drug-likeness (QED) is 0.126. The first kappa shape index (κ1) is 30.4. The Morgan fingerprint density at radius 2 is 2.12 bits per heavy atom. The summed E-state index contributed by atoms with van der Waals surface area (Å²) in [7, 11) is 1.30. The van der Waals surface area contributed by atoms with Gasteiger partial charge in [0.25, 0.3) is 5.91 Å². The van der Waals surface area contributed by atoms with E-state index in [0.717, 1.165) is 17.8 Å². The van der Waals surface area contributed by atoms with E-state index in [1.807, 2.05) is 0 Å². The number of thioether (sulfide) groups is 2. The molecule has 13 nitrogen and oxygen atoms in total. The van der Waals surface area contributed by atoms with Crippen molar-refractivity contribution in [1.29, 1.82) is 0 Å². The van der Waals surface area contributed by atoms with Gasteiger partial charge in [-0.1, -0.05) is 5.16 Å². The number of carbonyl (C=O) groups is 4. The molecule has 0 aromatic carbocycles. The Morgan fingerprint density at radius 1 is 1.35 bits per heavy atom. The van der Waals surface area contributed by atoms with Gasteiger partial charge < -0.3 is 35.0 Å². The molecule has 0 saturated carbocycles. The molecule has 0 spiro atoms. The molecule has 0 radical (unpaired) electrons. The summed E-state index contributed by atoms with van der Waals surface area (Å²) >= 11 is 3.96. The van der Waals surface area contributed by atoms with Crippen molar-refractivity contribution in [3.05, 3.63) is 11.1 Å². The number of carbonyl (C=O) groups excluding carboxylic acids is 4. The Balaban J connectivity index is 1.42. The summed E-state index contributed by atoms with van der Waals surface area (Å²) in [5, 5.41) is 7.94. The Hall–Kier alpha value is -2.56. The van der Waals surface area contributed by atoms with E-state index in [-0.39, 0.29) is 40.3 Å². The number of fused-ring (bicyclic) bond motifs is 1. The summed E-state index contributed by atoms with van der Waals surface area (Å²) in [5.74, 6) is -0.734. The third kappa shape index (κ3) is 6.66. The summed E-state index contributed by atoms with van der Waals surface area (Å²) in [6.07, 6.45) is 0.893. The average molecular weight is 616 g/mol. The van der Waals surface area contributed by atoms with Crippen LogP contribution in [0.4, 0.5) is 5.13 Å². The van der Waals surface area contributed by atoms with Crippen molar-refractivity contribution in [3.8, 4) is 0 Å².